The first-order chi connectivity index (χ1) is 15.5. The van der Waals surface area contributed by atoms with Crippen LogP contribution in [0.4, 0.5) is 5.69 Å². The Kier molecular flexibility index (Phi) is 4.95. The van der Waals surface area contributed by atoms with Crippen LogP contribution in [0.5, 0.6) is 5.75 Å². The molecule has 0 saturated carbocycles. The van der Waals surface area contributed by atoms with Gasteiger partial charge in [-0.3, -0.25) is 4.72 Å². The van der Waals surface area contributed by atoms with Crippen molar-refractivity contribution in [3.05, 3.63) is 90.4 Å². The molecule has 0 aliphatic heterocycles. The van der Waals surface area contributed by atoms with Crippen molar-refractivity contribution in [2.24, 2.45) is 0 Å². The van der Waals surface area contributed by atoms with Crippen molar-refractivity contribution >= 4 is 32.1 Å². The van der Waals surface area contributed by atoms with Crippen molar-refractivity contribution in [1.29, 1.82) is 0 Å². The molecule has 1 N–H and O–H groups in total. The molecule has 0 radical (unpaired) electrons. The zero-order chi connectivity index (χ0) is 22.1. The molecule has 0 aliphatic carbocycles. The van der Waals surface area contributed by atoms with E-state index in [4.69, 9.17) is 4.74 Å². The number of nitrogens with zero attached hydrogens (tertiary/aromatic N) is 4. The fourth-order valence-electron chi connectivity index (χ4n) is 3.45. The van der Waals surface area contributed by atoms with Gasteiger partial charge in [0.2, 0.25) is 0 Å². The van der Waals surface area contributed by atoms with Gasteiger partial charge in [0, 0.05) is 16.5 Å². The molecule has 2 aromatic heterocycles. The Bertz CT molecular complexity index is 1510. The highest BCUT2D eigenvalue weighted by Crippen LogP contribution is 2.22. The molecule has 0 spiro atoms. The number of nitrogens with one attached hydrogen (secondary N) is 1. The third-order valence-corrected chi connectivity index (χ3v) is 6.44. The number of sulfonamides is 1. The molecule has 0 saturated heterocycles. The molecule has 0 bridgehead atoms. The molecule has 160 valence electrons. The van der Waals surface area contributed by atoms with Gasteiger partial charge in [0.25, 0.3) is 10.0 Å². The standard InChI is InChI=1S/C23H19N5O3S/c1-16-20-9-5-6-10-21(20)23-25-24-22(28(23)26-16)15-31-18-13-11-17(12-14-18)27-32(29,30)19-7-3-2-4-8-19/h2-14,27H,15H2,1H3. The smallest absolute Gasteiger partial charge is 0.261 e. The number of hydrogen-bond donors (Lipinski definition) is 1. The van der Waals surface area contributed by atoms with Crippen LogP contribution < -0.4 is 9.46 Å². The van der Waals surface area contributed by atoms with Crippen LogP contribution in [0.25, 0.3) is 16.4 Å². The maximum Gasteiger partial charge on any atom is 0.261 e. The fourth-order valence-corrected chi connectivity index (χ4v) is 4.53. The van der Waals surface area contributed by atoms with Gasteiger partial charge in [-0.25, -0.2) is 8.42 Å². The Morgan fingerprint density at radius 1 is 0.875 bits per heavy atom. The molecule has 2 heterocycles. The number of benzene rings is 3. The second-order valence-electron chi connectivity index (χ2n) is 7.21. The quantitative estimate of drug-likeness (QED) is 0.425. The average Bonchev–Trinajstić information content (AvgIpc) is 3.22. The van der Waals surface area contributed by atoms with E-state index in [0.29, 0.717) is 22.9 Å². The Morgan fingerprint density at radius 2 is 1.56 bits per heavy atom. The highest BCUT2D eigenvalue weighted by atomic mass is 32.2. The SMILES string of the molecule is Cc1nn2c(COc3ccc(NS(=O)(=O)c4ccccc4)cc3)nnc2c2ccccc12. The van der Waals surface area contributed by atoms with E-state index in [9.17, 15) is 8.42 Å². The minimum atomic E-state index is -3.64. The summed E-state index contributed by atoms with van der Waals surface area (Å²) in [5, 5.41) is 15.1. The largest absolute Gasteiger partial charge is 0.486 e. The summed E-state index contributed by atoms with van der Waals surface area (Å²) in [7, 11) is -3.64. The van der Waals surface area contributed by atoms with Crippen molar-refractivity contribution in [1.82, 2.24) is 19.8 Å². The first-order valence-electron chi connectivity index (χ1n) is 9.92. The predicted octanol–water partition coefficient (Wildman–Crippen LogP) is 3.97. The zero-order valence-corrected chi connectivity index (χ0v) is 18.0. The second-order valence-corrected chi connectivity index (χ2v) is 8.90. The van der Waals surface area contributed by atoms with E-state index in [-0.39, 0.29) is 11.5 Å². The Morgan fingerprint density at radius 3 is 2.31 bits per heavy atom. The molecule has 5 aromatic rings. The van der Waals surface area contributed by atoms with E-state index in [2.05, 4.69) is 20.0 Å². The average molecular weight is 446 g/mol. The van der Waals surface area contributed by atoms with Crippen LogP contribution in [0.1, 0.15) is 11.5 Å². The van der Waals surface area contributed by atoms with Crippen LogP contribution in [0.2, 0.25) is 0 Å². The topological polar surface area (TPSA) is 98.5 Å². The van der Waals surface area contributed by atoms with Gasteiger partial charge >= 0.3 is 0 Å². The van der Waals surface area contributed by atoms with Crippen molar-refractivity contribution in [3.8, 4) is 5.75 Å². The second kappa shape index (κ2) is 7.93. The predicted molar refractivity (Wildman–Crippen MR) is 121 cm³/mol. The summed E-state index contributed by atoms with van der Waals surface area (Å²) in [5.41, 5.74) is 2.00. The van der Waals surface area contributed by atoms with Gasteiger partial charge < -0.3 is 4.74 Å². The molecule has 0 aliphatic rings. The monoisotopic (exact) mass is 445 g/mol. The first kappa shape index (κ1) is 20.0. The molecule has 32 heavy (non-hydrogen) atoms. The number of rotatable bonds is 6. The molecule has 0 amide bonds. The lowest BCUT2D eigenvalue weighted by atomic mass is 10.1. The van der Waals surface area contributed by atoms with Crippen molar-refractivity contribution in [3.63, 3.8) is 0 Å². The number of ether oxygens (including phenoxy) is 1. The van der Waals surface area contributed by atoms with Gasteiger partial charge in [0.1, 0.15) is 12.4 Å². The molecule has 0 atom stereocenters. The molecule has 0 unspecified atom stereocenters. The Hall–Kier alpha value is -3.98. The molecular weight excluding hydrogens is 426 g/mol. The van der Waals surface area contributed by atoms with Gasteiger partial charge in [0.15, 0.2) is 11.5 Å². The number of aromatic nitrogens is 4. The molecule has 8 nitrogen and oxygen atoms in total. The summed E-state index contributed by atoms with van der Waals surface area (Å²) < 4.78 is 35.0. The minimum absolute atomic E-state index is 0.168. The lowest BCUT2D eigenvalue weighted by Crippen LogP contribution is -2.12. The summed E-state index contributed by atoms with van der Waals surface area (Å²) in [6.07, 6.45) is 0. The molecule has 3 aromatic carbocycles. The van der Waals surface area contributed by atoms with Crippen LogP contribution in [0, 0.1) is 6.92 Å². The normalized spacial score (nSPS) is 11.7. The maximum absolute atomic E-state index is 12.4. The molecule has 9 heteroatoms. The number of anilines is 1. The van der Waals surface area contributed by atoms with Crippen molar-refractivity contribution in [2.75, 3.05) is 4.72 Å². The summed E-state index contributed by atoms with van der Waals surface area (Å²) in [5.74, 6) is 1.14. The van der Waals surface area contributed by atoms with Crippen LogP contribution in [0.3, 0.4) is 0 Å². The Balaban J connectivity index is 1.32. The van der Waals surface area contributed by atoms with Gasteiger partial charge in [-0.15, -0.1) is 10.2 Å². The van der Waals surface area contributed by atoms with E-state index < -0.39 is 10.0 Å². The van der Waals surface area contributed by atoms with E-state index in [1.807, 2.05) is 31.2 Å². The summed E-state index contributed by atoms with van der Waals surface area (Å²) >= 11 is 0. The van der Waals surface area contributed by atoms with E-state index >= 15 is 0 Å². The maximum atomic E-state index is 12.4. The first-order valence-corrected chi connectivity index (χ1v) is 11.4. The van der Waals surface area contributed by atoms with Gasteiger partial charge in [-0.1, -0.05) is 42.5 Å². The van der Waals surface area contributed by atoms with Gasteiger partial charge in [-0.2, -0.15) is 9.61 Å². The molecular formula is C23H19N5O3S. The summed E-state index contributed by atoms with van der Waals surface area (Å²) in [6, 6.07) is 22.8. The van der Waals surface area contributed by atoms with Crippen LogP contribution >= 0.6 is 0 Å². The fraction of sp³-hybridized carbons (Fsp3) is 0.0870. The molecule has 5 rings (SSSR count). The third-order valence-electron chi connectivity index (χ3n) is 5.04. The summed E-state index contributed by atoms with van der Waals surface area (Å²) in [4.78, 5) is 0.203. The Labute approximate surface area is 184 Å². The van der Waals surface area contributed by atoms with E-state index in [0.717, 1.165) is 16.5 Å². The number of aryl methyl sites for hydroxylation is 1. The van der Waals surface area contributed by atoms with Gasteiger partial charge in [0.05, 0.1) is 10.6 Å². The third kappa shape index (κ3) is 3.74. The summed E-state index contributed by atoms with van der Waals surface area (Å²) in [6.45, 7) is 2.11. The van der Waals surface area contributed by atoms with Crippen molar-refractivity contribution < 1.29 is 13.2 Å². The minimum Gasteiger partial charge on any atom is -0.486 e. The molecule has 0 fully saturated rings. The number of hydrogen-bond acceptors (Lipinski definition) is 6. The van der Waals surface area contributed by atoms with Crippen LogP contribution in [-0.4, -0.2) is 28.2 Å². The van der Waals surface area contributed by atoms with Crippen molar-refractivity contribution in [2.45, 2.75) is 18.4 Å². The van der Waals surface area contributed by atoms with Crippen LogP contribution in [0.15, 0.2) is 83.8 Å². The highest BCUT2D eigenvalue weighted by molar-refractivity contribution is 7.92. The highest BCUT2D eigenvalue weighted by Gasteiger charge is 2.14. The van der Waals surface area contributed by atoms with E-state index in [1.165, 1.54) is 0 Å². The lowest BCUT2D eigenvalue weighted by molar-refractivity contribution is 0.292. The lowest BCUT2D eigenvalue weighted by Gasteiger charge is -2.10. The zero-order valence-electron chi connectivity index (χ0n) is 17.1. The van der Waals surface area contributed by atoms with Crippen LogP contribution in [-0.2, 0) is 16.6 Å². The van der Waals surface area contributed by atoms with Gasteiger partial charge in [-0.05, 0) is 43.3 Å². The number of fused-ring (bicyclic) bond motifs is 3. The van der Waals surface area contributed by atoms with E-state index in [1.54, 1.807) is 59.1 Å².